The molecular formula is C11H13N3O. The molecule has 2 aromatic heterocycles. The molecule has 0 saturated carbocycles. The van der Waals surface area contributed by atoms with Crippen LogP contribution in [0.25, 0.3) is 11.3 Å². The van der Waals surface area contributed by atoms with Crippen molar-refractivity contribution in [2.75, 3.05) is 5.73 Å². The number of anilines is 1. The molecule has 0 aliphatic heterocycles. The fourth-order valence-electron chi connectivity index (χ4n) is 1.54. The molecule has 15 heavy (non-hydrogen) atoms. The lowest BCUT2D eigenvalue weighted by molar-refractivity contribution is 0.435. The zero-order valence-corrected chi connectivity index (χ0v) is 8.60. The van der Waals surface area contributed by atoms with Crippen molar-refractivity contribution in [1.82, 2.24) is 10.1 Å². The molecule has 0 aromatic carbocycles. The summed E-state index contributed by atoms with van der Waals surface area (Å²) in [5.74, 6) is 1.22. The van der Waals surface area contributed by atoms with Gasteiger partial charge in [0.2, 0.25) is 0 Å². The molecule has 2 heterocycles. The van der Waals surface area contributed by atoms with Crippen LogP contribution in [0.5, 0.6) is 0 Å². The molecule has 2 rings (SSSR count). The topological polar surface area (TPSA) is 64.9 Å². The Morgan fingerprint density at radius 1 is 1.47 bits per heavy atom. The Morgan fingerprint density at radius 3 is 3.00 bits per heavy atom. The van der Waals surface area contributed by atoms with Crippen molar-refractivity contribution >= 4 is 5.82 Å². The first-order chi connectivity index (χ1) is 7.33. The maximum atomic E-state index is 5.74. The first kappa shape index (κ1) is 9.71. The maximum absolute atomic E-state index is 5.74. The number of nitrogens with two attached hydrogens (primary N) is 1. The predicted octanol–water partition coefficient (Wildman–Crippen LogP) is 2.27. The van der Waals surface area contributed by atoms with E-state index < -0.39 is 0 Å². The molecule has 0 amide bonds. The Labute approximate surface area is 88.1 Å². The molecule has 0 aliphatic carbocycles. The monoisotopic (exact) mass is 203 g/mol. The molecule has 4 heteroatoms. The molecule has 2 aromatic rings. The summed E-state index contributed by atoms with van der Waals surface area (Å²) in [4.78, 5) is 4.04. The number of pyridine rings is 1. The zero-order valence-electron chi connectivity index (χ0n) is 8.60. The molecule has 0 radical (unpaired) electrons. The van der Waals surface area contributed by atoms with Crippen molar-refractivity contribution in [3.63, 3.8) is 0 Å². The lowest BCUT2D eigenvalue weighted by Gasteiger charge is -1.99. The van der Waals surface area contributed by atoms with E-state index in [-0.39, 0.29) is 0 Å². The lowest BCUT2D eigenvalue weighted by Crippen LogP contribution is -1.92. The van der Waals surface area contributed by atoms with Gasteiger partial charge in [-0.1, -0.05) is 18.5 Å². The van der Waals surface area contributed by atoms with Crippen molar-refractivity contribution in [2.24, 2.45) is 0 Å². The second-order valence-electron chi connectivity index (χ2n) is 3.37. The summed E-state index contributed by atoms with van der Waals surface area (Å²) in [6.45, 7) is 2.10. The molecule has 2 N–H and O–H groups in total. The quantitative estimate of drug-likeness (QED) is 0.831. The first-order valence-corrected chi connectivity index (χ1v) is 4.97. The molecule has 0 unspecified atom stereocenters. The number of aromatic nitrogens is 2. The van der Waals surface area contributed by atoms with Crippen molar-refractivity contribution in [1.29, 1.82) is 0 Å². The van der Waals surface area contributed by atoms with Crippen LogP contribution in [0.2, 0.25) is 0 Å². The van der Waals surface area contributed by atoms with Gasteiger partial charge in [0.1, 0.15) is 0 Å². The van der Waals surface area contributed by atoms with Gasteiger partial charge < -0.3 is 10.3 Å². The number of rotatable bonds is 3. The second kappa shape index (κ2) is 4.13. The highest BCUT2D eigenvalue weighted by Gasteiger charge is 2.14. The summed E-state index contributed by atoms with van der Waals surface area (Å²) >= 11 is 0. The summed E-state index contributed by atoms with van der Waals surface area (Å²) in [6.07, 6.45) is 5.36. The summed E-state index contributed by atoms with van der Waals surface area (Å²) in [5, 5.41) is 3.79. The third-order valence-electron chi connectivity index (χ3n) is 2.24. The average molecular weight is 203 g/mol. The summed E-state index contributed by atoms with van der Waals surface area (Å²) in [5.41, 5.74) is 7.64. The highest BCUT2D eigenvalue weighted by molar-refractivity contribution is 5.65. The van der Waals surface area contributed by atoms with Crippen LogP contribution in [-0.4, -0.2) is 10.1 Å². The van der Waals surface area contributed by atoms with Crippen LogP contribution in [0, 0.1) is 0 Å². The molecule has 0 saturated heterocycles. The van der Waals surface area contributed by atoms with Gasteiger partial charge >= 0.3 is 0 Å². The summed E-state index contributed by atoms with van der Waals surface area (Å²) in [7, 11) is 0. The van der Waals surface area contributed by atoms with E-state index in [1.165, 1.54) is 0 Å². The van der Waals surface area contributed by atoms with Gasteiger partial charge in [0.15, 0.2) is 11.6 Å². The minimum Gasteiger partial charge on any atom is -0.381 e. The number of hydrogen-bond donors (Lipinski definition) is 1. The van der Waals surface area contributed by atoms with Gasteiger partial charge in [-0.15, -0.1) is 0 Å². The van der Waals surface area contributed by atoms with E-state index in [4.69, 9.17) is 10.3 Å². The molecule has 0 aliphatic rings. The fraction of sp³-hybridized carbons (Fsp3) is 0.273. The summed E-state index contributed by atoms with van der Waals surface area (Å²) < 4.78 is 5.22. The number of hydrogen-bond acceptors (Lipinski definition) is 4. The maximum Gasteiger partial charge on any atom is 0.173 e. The second-order valence-corrected chi connectivity index (χ2v) is 3.37. The van der Waals surface area contributed by atoms with Crippen molar-refractivity contribution in [3.05, 3.63) is 30.1 Å². The van der Waals surface area contributed by atoms with E-state index in [2.05, 4.69) is 17.1 Å². The minimum absolute atomic E-state index is 0.482. The normalized spacial score (nSPS) is 10.5. The summed E-state index contributed by atoms with van der Waals surface area (Å²) in [6, 6.07) is 3.80. The van der Waals surface area contributed by atoms with E-state index in [9.17, 15) is 0 Å². The zero-order chi connectivity index (χ0) is 10.7. The van der Waals surface area contributed by atoms with Crippen LogP contribution in [0.1, 0.15) is 18.9 Å². The first-order valence-electron chi connectivity index (χ1n) is 4.97. The van der Waals surface area contributed by atoms with Crippen LogP contribution in [0.3, 0.4) is 0 Å². The van der Waals surface area contributed by atoms with E-state index >= 15 is 0 Å². The van der Waals surface area contributed by atoms with E-state index in [0.717, 1.165) is 29.7 Å². The Balaban J connectivity index is 2.44. The predicted molar refractivity (Wildman–Crippen MR) is 58.1 cm³/mol. The van der Waals surface area contributed by atoms with Crippen LogP contribution in [0.15, 0.2) is 29.0 Å². The molecule has 0 spiro atoms. The SMILES string of the molecule is CCCc1c(N)noc1-c1cccnc1. The molecule has 0 atom stereocenters. The number of nitrogens with zero attached hydrogens (tertiary/aromatic N) is 2. The third kappa shape index (κ3) is 1.83. The van der Waals surface area contributed by atoms with Gasteiger partial charge in [-0.05, 0) is 18.6 Å². The van der Waals surface area contributed by atoms with Crippen LogP contribution in [-0.2, 0) is 6.42 Å². The van der Waals surface area contributed by atoms with E-state index in [1.54, 1.807) is 12.4 Å². The van der Waals surface area contributed by atoms with Crippen molar-refractivity contribution in [3.8, 4) is 11.3 Å². The van der Waals surface area contributed by atoms with Gasteiger partial charge in [-0.25, -0.2) is 0 Å². The van der Waals surface area contributed by atoms with Gasteiger partial charge in [0.25, 0.3) is 0 Å². The largest absolute Gasteiger partial charge is 0.381 e. The Morgan fingerprint density at radius 2 is 2.33 bits per heavy atom. The van der Waals surface area contributed by atoms with E-state index in [1.807, 2.05) is 12.1 Å². The van der Waals surface area contributed by atoms with Gasteiger partial charge in [0.05, 0.1) is 0 Å². The Kier molecular flexibility index (Phi) is 2.67. The molecule has 0 fully saturated rings. The third-order valence-corrected chi connectivity index (χ3v) is 2.24. The smallest absolute Gasteiger partial charge is 0.173 e. The van der Waals surface area contributed by atoms with E-state index in [0.29, 0.717) is 5.82 Å². The van der Waals surface area contributed by atoms with Crippen molar-refractivity contribution in [2.45, 2.75) is 19.8 Å². The Hall–Kier alpha value is -1.84. The molecule has 78 valence electrons. The fourth-order valence-corrected chi connectivity index (χ4v) is 1.54. The average Bonchev–Trinajstić information content (AvgIpc) is 2.63. The molecular weight excluding hydrogens is 190 g/mol. The lowest BCUT2D eigenvalue weighted by atomic mass is 10.1. The van der Waals surface area contributed by atoms with Crippen LogP contribution >= 0.6 is 0 Å². The van der Waals surface area contributed by atoms with Gasteiger partial charge in [0, 0.05) is 23.5 Å². The molecule has 0 bridgehead atoms. The van der Waals surface area contributed by atoms with Crippen LogP contribution < -0.4 is 5.73 Å². The number of nitrogen functional groups attached to an aromatic ring is 1. The Bertz CT molecular complexity index is 436. The highest BCUT2D eigenvalue weighted by atomic mass is 16.5. The highest BCUT2D eigenvalue weighted by Crippen LogP contribution is 2.27. The minimum atomic E-state index is 0.482. The molecule has 4 nitrogen and oxygen atoms in total. The van der Waals surface area contributed by atoms with Gasteiger partial charge in [-0.2, -0.15) is 0 Å². The standard InChI is InChI=1S/C11H13N3O/c1-2-4-9-10(15-14-11(9)12)8-5-3-6-13-7-8/h3,5-7H,2,4H2,1H3,(H2,12,14). The van der Waals surface area contributed by atoms with Gasteiger partial charge in [-0.3, -0.25) is 4.98 Å². The van der Waals surface area contributed by atoms with Crippen molar-refractivity contribution < 1.29 is 4.52 Å². The van der Waals surface area contributed by atoms with Crippen LogP contribution in [0.4, 0.5) is 5.82 Å².